The number of fused-ring (bicyclic) bond motifs is 1. The Morgan fingerprint density at radius 2 is 1.31 bits per heavy atom. The smallest absolute Gasteiger partial charge is 0.149 e. The molecule has 4 nitrogen and oxygen atoms in total. The highest BCUT2D eigenvalue weighted by atomic mass is 16.3. The Hall–Kier alpha value is -6.26. The van der Waals surface area contributed by atoms with E-state index in [0.717, 1.165) is 22.3 Å². The van der Waals surface area contributed by atoms with Crippen LogP contribution in [0.25, 0.3) is 72.7 Å². The lowest BCUT2D eigenvalue weighted by atomic mass is 9.80. The number of aromatic hydroxyl groups is 1. The first-order chi connectivity index (χ1) is 35.9. The molecule has 0 radical (unpaired) electrons. The van der Waals surface area contributed by atoms with E-state index in [-0.39, 0.29) is 22.4 Å². The van der Waals surface area contributed by atoms with Gasteiger partial charge in [0.25, 0.3) is 0 Å². The normalized spacial score (nSPS) is 17.2. The zero-order valence-electron chi connectivity index (χ0n) is 52.6. The molecule has 0 saturated carbocycles. The maximum Gasteiger partial charge on any atom is 0.149 e. The van der Waals surface area contributed by atoms with Gasteiger partial charge in [0.05, 0.1) is 31.9 Å². The number of phenolic OH excluding ortho intramolecular Hbond substituents is 1. The molecule has 0 aliphatic rings. The SMILES string of the molecule is [2H]c1nc(-c2cc(-c3cccc4c3nc(-c3ccccc3O)n4-c3ccc(-c4ccccc4C(C)(C)C)c(C([2H])(C)C)c3)cc(C(C)(C)C)c2)c([2H])c(-c2c([2H])c([2H])c(C(C([2H])([2H])[2H])(C([2H])([2H])[2H])C([2H])([2H])[2H])c([2H])c2[2H])c1[2H]. The molecular formula is C57H59N3O. The molecule has 8 rings (SSSR count). The molecule has 61 heavy (non-hydrogen) atoms. The third-order valence-electron chi connectivity index (χ3n) is 10.9. The maximum absolute atomic E-state index is 11.5. The van der Waals surface area contributed by atoms with E-state index in [2.05, 4.69) is 37.9 Å². The van der Waals surface area contributed by atoms with Crippen molar-refractivity contribution in [2.24, 2.45) is 0 Å². The summed E-state index contributed by atoms with van der Waals surface area (Å²) in [7, 11) is 0. The second-order valence-corrected chi connectivity index (χ2v) is 17.7. The van der Waals surface area contributed by atoms with Crippen LogP contribution in [-0.2, 0) is 16.2 Å². The summed E-state index contributed by atoms with van der Waals surface area (Å²) in [5, 5.41) is 11.5. The predicted molar refractivity (Wildman–Crippen MR) is 258 cm³/mol. The number of nitrogens with zero attached hydrogens (tertiary/aromatic N) is 3. The summed E-state index contributed by atoms with van der Waals surface area (Å²) in [6.45, 7) is 4.25. The van der Waals surface area contributed by atoms with Crippen LogP contribution in [0.5, 0.6) is 5.75 Å². The molecule has 0 aliphatic heterocycles. The molecule has 0 fully saturated rings. The van der Waals surface area contributed by atoms with Gasteiger partial charge in [-0.25, -0.2) is 4.98 Å². The second-order valence-electron chi connectivity index (χ2n) is 17.7. The molecule has 0 unspecified atom stereocenters. The minimum absolute atomic E-state index is 0.0270. The highest BCUT2D eigenvalue weighted by molar-refractivity contribution is 5.97. The number of para-hydroxylation sites is 2. The van der Waals surface area contributed by atoms with Crippen molar-refractivity contribution < 1.29 is 28.4 Å². The average molecular weight is 819 g/mol. The Balaban J connectivity index is 1.40. The van der Waals surface area contributed by atoms with Crippen molar-refractivity contribution in [2.45, 2.75) is 98.1 Å². The van der Waals surface area contributed by atoms with Crippen molar-refractivity contribution >= 4 is 11.0 Å². The van der Waals surface area contributed by atoms with Crippen LogP contribution in [0.1, 0.15) is 127 Å². The lowest BCUT2D eigenvalue weighted by molar-refractivity contribution is 0.477. The number of phenols is 1. The number of aromatic nitrogens is 3. The fraction of sp³-hybridized carbons (Fsp3) is 0.263. The molecule has 8 aromatic rings. The molecule has 1 N–H and O–H groups in total. The van der Waals surface area contributed by atoms with Crippen molar-refractivity contribution in [3.63, 3.8) is 0 Å². The summed E-state index contributed by atoms with van der Waals surface area (Å²) in [5.74, 6) is -0.714. The number of benzene rings is 6. The van der Waals surface area contributed by atoms with Gasteiger partial charge in [-0.05, 0) is 127 Å². The summed E-state index contributed by atoms with van der Waals surface area (Å²) in [5.41, 5.74) is 0.420. The number of hydrogen-bond acceptors (Lipinski definition) is 3. The van der Waals surface area contributed by atoms with Crippen molar-refractivity contribution in [2.75, 3.05) is 0 Å². The zero-order chi connectivity index (χ0) is 57.9. The second kappa shape index (κ2) is 15.6. The van der Waals surface area contributed by atoms with E-state index in [1.54, 1.807) is 36.4 Å². The first kappa shape index (κ1) is 25.5. The van der Waals surface area contributed by atoms with E-state index in [1.807, 2.05) is 93.8 Å². The van der Waals surface area contributed by atoms with Gasteiger partial charge in [-0.15, -0.1) is 0 Å². The molecule has 2 aromatic heterocycles. The lowest BCUT2D eigenvalue weighted by Crippen LogP contribution is -2.13. The highest BCUT2D eigenvalue weighted by Gasteiger charge is 2.25. The van der Waals surface area contributed by atoms with E-state index < -0.39 is 96.4 Å². The first-order valence-electron chi connectivity index (χ1n) is 28.7. The van der Waals surface area contributed by atoms with Crippen LogP contribution >= 0.6 is 0 Å². The molecule has 0 atom stereocenters. The number of imidazole rings is 1. The van der Waals surface area contributed by atoms with Crippen LogP contribution in [0.15, 0.2) is 146 Å². The first-order valence-corrected chi connectivity index (χ1v) is 20.2. The van der Waals surface area contributed by atoms with Crippen molar-refractivity contribution in [3.8, 4) is 67.5 Å². The van der Waals surface area contributed by atoms with Crippen LogP contribution in [0, 0.1) is 0 Å². The van der Waals surface area contributed by atoms with Crippen LogP contribution in [0.3, 0.4) is 0 Å². The molecule has 0 amide bonds. The number of pyridine rings is 1. The molecule has 4 heteroatoms. The molecule has 6 aromatic carbocycles. The number of rotatable bonds is 7. The van der Waals surface area contributed by atoms with E-state index in [9.17, 15) is 7.85 Å². The van der Waals surface area contributed by atoms with Gasteiger partial charge in [0.2, 0.25) is 0 Å². The molecular weight excluding hydrogens is 743 g/mol. The Bertz CT molecular complexity index is 3640. The third kappa shape index (κ3) is 8.16. The van der Waals surface area contributed by atoms with E-state index in [4.69, 9.17) is 25.5 Å². The fourth-order valence-corrected chi connectivity index (χ4v) is 7.69. The molecule has 0 bridgehead atoms. The van der Waals surface area contributed by atoms with Gasteiger partial charge in [-0.2, -0.15) is 0 Å². The van der Waals surface area contributed by atoms with Crippen molar-refractivity contribution in [3.05, 3.63) is 168 Å². The average Bonchev–Trinajstić information content (AvgIpc) is 3.73. The predicted octanol–water partition coefficient (Wildman–Crippen LogP) is 15.5. The quantitative estimate of drug-likeness (QED) is 0.174. The largest absolute Gasteiger partial charge is 0.507 e. The van der Waals surface area contributed by atoms with Crippen molar-refractivity contribution in [1.29, 1.82) is 0 Å². The molecule has 0 saturated heterocycles. The van der Waals surface area contributed by atoms with Gasteiger partial charge in [0.15, 0.2) is 0 Å². The standard InChI is InChI=1S/C57H59N3O/c1-36(2)48-35-43(27-28-45(48)46-17-12-14-20-49(46)57(9,10)11)60-51-21-16-19-44(53(51)59-54(60)47-18-13-15-22-52(47)61)39-31-40(33-42(32-39)56(6,7)8)50-34-38(29-30-58-50)37-23-25-41(26-24-37)55(3,4)5/h12-36,61H,1-11H3/i3D3,4D3,5D3,23D,24D,25D,26D,29D,30D,34D,36D. The van der Waals surface area contributed by atoms with Crippen molar-refractivity contribution in [1.82, 2.24) is 14.5 Å². The van der Waals surface area contributed by atoms with Gasteiger partial charge in [0.1, 0.15) is 11.6 Å². The highest BCUT2D eigenvalue weighted by Crippen LogP contribution is 2.42. The van der Waals surface area contributed by atoms with Gasteiger partial charge < -0.3 is 5.11 Å². The van der Waals surface area contributed by atoms with Crippen LogP contribution in [-0.4, -0.2) is 19.6 Å². The number of hydrogen-bond donors (Lipinski definition) is 1. The Labute approximate surface area is 386 Å². The lowest BCUT2D eigenvalue weighted by Gasteiger charge is -2.25. The third-order valence-corrected chi connectivity index (χ3v) is 10.9. The minimum atomic E-state index is -3.92. The van der Waals surface area contributed by atoms with Gasteiger partial charge in [0, 0.05) is 36.7 Å². The molecule has 0 spiro atoms. The molecule has 0 aliphatic carbocycles. The maximum atomic E-state index is 11.5. The zero-order valence-corrected chi connectivity index (χ0v) is 35.6. The Morgan fingerprint density at radius 1 is 0.623 bits per heavy atom. The summed E-state index contributed by atoms with van der Waals surface area (Å²) in [4.78, 5) is 9.66. The summed E-state index contributed by atoms with van der Waals surface area (Å²) >= 11 is 0. The molecule has 308 valence electrons. The van der Waals surface area contributed by atoms with E-state index in [0.29, 0.717) is 44.8 Å². The van der Waals surface area contributed by atoms with Gasteiger partial charge in [-0.3, -0.25) is 9.55 Å². The monoisotopic (exact) mass is 819 g/mol. The summed E-state index contributed by atoms with van der Waals surface area (Å²) in [6, 6.07) is 25.7. The fourth-order valence-electron chi connectivity index (χ4n) is 7.69. The van der Waals surface area contributed by atoms with Crippen LogP contribution in [0.4, 0.5) is 0 Å². The Kier molecular flexibility index (Phi) is 6.54. The van der Waals surface area contributed by atoms with Crippen LogP contribution < -0.4 is 0 Å². The van der Waals surface area contributed by atoms with E-state index in [1.165, 1.54) is 0 Å². The summed E-state index contributed by atoms with van der Waals surface area (Å²) in [6.07, 6.45) is -0.738. The Morgan fingerprint density at radius 3 is 2.00 bits per heavy atom. The van der Waals surface area contributed by atoms with Gasteiger partial charge in [-0.1, -0.05) is 161 Å². The van der Waals surface area contributed by atoms with Crippen LogP contribution in [0.2, 0.25) is 0 Å². The van der Waals surface area contributed by atoms with E-state index >= 15 is 0 Å². The summed E-state index contributed by atoms with van der Waals surface area (Å²) < 4.78 is 149. The van der Waals surface area contributed by atoms with Gasteiger partial charge >= 0.3 is 0 Å². The topological polar surface area (TPSA) is 50.9 Å². The molecule has 2 heterocycles. The minimum Gasteiger partial charge on any atom is -0.507 e.